The van der Waals surface area contributed by atoms with E-state index in [1.807, 2.05) is 6.92 Å². The third-order valence-corrected chi connectivity index (χ3v) is 13.3. The monoisotopic (exact) mass is 704 g/mol. The lowest BCUT2D eigenvalue weighted by Crippen LogP contribution is -2.41. The molecule has 0 aliphatic rings. The maximum absolute atomic E-state index is 16.5. The number of hydrogen-bond donors (Lipinski definition) is 2. The molecule has 0 saturated heterocycles. The van der Waals surface area contributed by atoms with Gasteiger partial charge in [0.1, 0.15) is 6.04 Å². The molecule has 0 spiro atoms. The second-order valence-electron chi connectivity index (χ2n) is 13.3. The number of nitrogens with one attached hydrogen (secondary N) is 2. The predicted molar refractivity (Wildman–Crippen MR) is 188 cm³/mol. The van der Waals surface area contributed by atoms with E-state index in [4.69, 9.17) is 13.7 Å². The van der Waals surface area contributed by atoms with Crippen molar-refractivity contribution in [1.82, 2.24) is 29.9 Å². The first-order valence-electron chi connectivity index (χ1n) is 16.2. The minimum absolute atomic E-state index is 0.00584. The van der Waals surface area contributed by atoms with Gasteiger partial charge in [0.05, 0.1) is 11.5 Å². The van der Waals surface area contributed by atoms with Gasteiger partial charge in [-0.15, -0.1) is 5.10 Å². The van der Waals surface area contributed by atoms with Gasteiger partial charge < -0.3 is 19.0 Å². The molecular weight excluding hydrogens is 664 g/mol. The molecular formula is C34H41FN8O6Si. The highest BCUT2D eigenvalue weighted by atomic mass is 28.4. The van der Waals surface area contributed by atoms with Gasteiger partial charge in [0.2, 0.25) is 17.5 Å². The normalized spacial score (nSPS) is 12.6. The van der Waals surface area contributed by atoms with Crippen LogP contribution in [0.25, 0.3) is 17.2 Å². The van der Waals surface area contributed by atoms with Gasteiger partial charge in [-0.1, -0.05) is 38.9 Å². The summed E-state index contributed by atoms with van der Waals surface area (Å²) in [5, 5.41) is 23.4. The lowest BCUT2D eigenvalue weighted by molar-refractivity contribution is -0.385. The van der Waals surface area contributed by atoms with Gasteiger partial charge >= 0.3 is 11.4 Å². The smallest absolute Gasteiger partial charge is 0.349 e. The zero-order valence-electron chi connectivity index (χ0n) is 29.1. The Labute approximate surface area is 289 Å². The van der Waals surface area contributed by atoms with Gasteiger partial charge in [-0.05, 0) is 66.5 Å². The summed E-state index contributed by atoms with van der Waals surface area (Å²) in [5.41, 5.74) is 0.955. The second kappa shape index (κ2) is 14.7. The molecule has 14 nitrogen and oxygen atoms in total. The molecule has 0 aliphatic heterocycles. The molecule has 2 aromatic carbocycles. The van der Waals surface area contributed by atoms with Gasteiger partial charge in [0, 0.05) is 49.0 Å². The van der Waals surface area contributed by atoms with Crippen LogP contribution >= 0.6 is 0 Å². The number of aryl methyl sites for hydroxylation is 2. The van der Waals surface area contributed by atoms with E-state index in [2.05, 4.69) is 64.4 Å². The molecule has 2 N–H and O–H groups in total. The third-order valence-electron chi connectivity index (χ3n) is 8.72. The van der Waals surface area contributed by atoms with Crippen LogP contribution in [0.3, 0.4) is 0 Å². The van der Waals surface area contributed by atoms with Gasteiger partial charge in [0.25, 0.3) is 0 Å². The number of hydrogen-bond acceptors (Lipinski definition) is 11. The molecule has 264 valence electrons. The van der Waals surface area contributed by atoms with E-state index in [9.17, 15) is 14.9 Å². The van der Waals surface area contributed by atoms with E-state index in [0.717, 1.165) is 10.2 Å². The Morgan fingerprint density at radius 1 is 1.16 bits per heavy atom. The first kappa shape index (κ1) is 36.1. The van der Waals surface area contributed by atoms with Gasteiger partial charge in [-0.25, -0.2) is 14.2 Å². The Balaban J connectivity index is 1.50. The Hall–Kier alpha value is -5.22. The van der Waals surface area contributed by atoms with Crippen molar-refractivity contribution in [2.45, 2.75) is 71.6 Å². The Bertz CT molecular complexity index is 2020. The summed E-state index contributed by atoms with van der Waals surface area (Å²) in [4.78, 5) is 35.2. The quantitative estimate of drug-likeness (QED) is 0.0531. The van der Waals surface area contributed by atoms with E-state index in [0.29, 0.717) is 42.4 Å². The molecule has 0 bridgehead atoms. The Kier molecular flexibility index (Phi) is 10.6. The largest absolute Gasteiger partial charge is 0.490 e. The molecule has 5 aromatic rings. The van der Waals surface area contributed by atoms with E-state index < -0.39 is 36.5 Å². The lowest BCUT2D eigenvalue weighted by atomic mass is 10.00. The fourth-order valence-corrected chi connectivity index (χ4v) is 5.97. The highest BCUT2D eigenvalue weighted by Crippen LogP contribution is 2.37. The lowest BCUT2D eigenvalue weighted by Gasteiger charge is -2.36. The van der Waals surface area contributed by atoms with Crippen molar-refractivity contribution >= 4 is 19.7 Å². The zero-order chi connectivity index (χ0) is 36.2. The fourth-order valence-electron chi connectivity index (χ4n) is 4.88. The van der Waals surface area contributed by atoms with Crippen LogP contribution in [0.1, 0.15) is 63.0 Å². The summed E-state index contributed by atoms with van der Waals surface area (Å²) < 4.78 is 34.7. The average Bonchev–Trinajstić information content (AvgIpc) is 3.69. The molecule has 5 rings (SSSR count). The van der Waals surface area contributed by atoms with Crippen molar-refractivity contribution in [1.29, 1.82) is 0 Å². The highest BCUT2D eigenvalue weighted by molar-refractivity contribution is 6.74. The average molecular weight is 705 g/mol. The van der Waals surface area contributed by atoms with Gasteiger partial charge in [-0.2, -0.15) is 9.67 Å². The summed E-state index contributed by atoms with van der Waals surface area (Å²) in [5.74, 6) is -0.0679. The number of aromatic amines is 1. The van der Waals surface area contributed by atoms with Crippen LogP contribution in [0.4, 0.5) is 15.8 Å². The molecule has 3 heterocycles. The van der Waals surface area contributed by atoms with Crippen LogP contribution in [0.5, 0.6) is 5.75 Å². The van der Waals surface area contributed by atoms with Gasteiger partial charge in [0.15, 0.2) is 25.7 Å². The minimum Gasteiger partial charge on any atom is -0.490 e. The Morgan fingerprint density at radius 3 is 2.54 bits per heavy atom. The molecule has 50 heavy (non-hydrogen) atoms. The Morgan fingerprint density at radius 2 is 1.90 bits per heavy atom. The number of H-pyrrole nitrogens is 1. The summed E-state index contributed by atoms with van der Waals surface area (Å²) in [6, 6.07) is 11.9. The van der Waals surface area contributed by atoms with Crippen molar-refractivity contribution in [2.24, 2.45) is 0 Å². The number of rotatable bonds is 14. The van der Waals surface area contributed by atoms with Crippen LogP contribution < -0.4 is 15.7 Å². The molecule has 16 heteroatoms. The van der Waals surface area contributed by atoms with Crippen molar-refractivity contribution < 1.29 is 23.0 Å². The molecule has 0 radical (unpaired) electrons. The summed E-state index contributed by atoms with van der Waals surface area (Å²) in [6.07, 6.45) is 2.44. The molecule has 1 atom stereocenters. The molecule has 3 aromatic heterocycles. The zero-order valence-corrected chi connectivity index (χ0v) is 30.1. The fraction of sp³-hybridized carbons (Fsp3) is 0.382. The molecule has 0 fully saturated rings. The van der Waals surface area contributed by atoms with Crippen LogP contribution in [0.2, 0.25) is 18.1 Å². The summed E-state index contributed by atoms with van der Waals surface area (Å²) >= 11 is 0. The summed E-state index contributed by atoms with van der Waals surface area (Å²) in [7, 11) is -1.95. The highest BCUT2D eigenvalue weighted by Gasteiger charge is 2.37. The number of ether oxygens (including phenoxy) is 1. The predicted octanol–water partition coefficient (Wildman–Crippen LogP) is 6.92. The molecule has 1 unspecified atom stereocenters. The number of aromatic nitrogens is 6. The van der Waals surface area contributed by atoms with Crippen LogP contribution in [-0.2, 0) is 10.8 Å². The number of anilines is 1. The number of nitrogens with zero attached hydrogens (tertiary/aromatic N) is 6. The van der Waals surface area contributed by atoms with Crippen molar-refractivity contribution in [3.05, 3.63) is 104 Å². The SMILES string of the molecule is CCc1cc(OCCCO[Si](C)(C)C(C)(C)C)c(F)c(C(Nc2ccc(-c3noc(C)n3)cc2)c2nn(-c3ncccc3[N+](=O)[O-])c(=O)[nH]2)c1. The van der Waals surface area contributed by atoms with Crippen LogP contribution in [0.15, 0.2) is 64.0 Å². The first-order chi connectivity index (χ1) is 23.7. The van der Waals surface area contributed by atoms with Crippen LogP contribution in [-0.4, -0.2) is 56.3 Å². The standard InChI is InChI=1S/C34H41FN8O6Si/c1-8-22-19-25(28(35)27(20-22)47-17-10-18-48-50(6,7)34(3,4)5)29(38-24-14-12-23(13-15-24)30-37-21(2)49-41-30)31-39-33(44)42(40-31)32-26(43(45)46)11-9-16-36-32/h9,11-16,19-20,29,38H,8,10,17-18H2,1-7H3,(H,39,40,44). The first-order valence-corrected chi connectivity index (χ1v) is 19.1. The molecule has 0 amide bonds. The van der Waals surface area contributed by atoms with Crippen molar-refractivity contribution in [2.75, 3.05) is 18.5 Å². The van der Waals surface area contributed by atoms with E-state index in [1.165, 1.54) is 18.3 Å². The summed E-state index contributed by atoms with van der Waals surface area (Å²) in [6.45, 7) is 15.2. The topological polar surface area (TPSA) is 176 Å². The maximum atomic E-state index is 16.5. The third kappa shape index (κ3) is 7.97. The van der Waals surface area contributed by atoms with Crippen molar-refractivity contribution in [3.8, 4) is 23.0 Å². The van der Waals surface area contributed by atoms with E-state index in [-0.39, 0.29) is 34.6 Å². The van der Waals surface area contributed by atoms with Crippen LogP contribution in [0, 0.1) is 22.9 Å². The minimum atomic E-state index is -1.95. The van der Waals surface area contributed by atoms with E-state index >= 15 is 4.39 Å². The number of nitro groups is 1. The van der Waals surface area contributed by atoms with E-state index in [1.54, 1.807) is 43.3 Å². The van der Waals surface area contributed by atoms with Crippen molar-refractivity contribution in [3.63, 3.8) is 0 Å². The second-order valence-corrected chi connectivity index (χ2v) is 18.1. The van der Waals surface area contributed by atoms with Gasteiger partial charge in [-0.3, -0.25) is 15.1 Å². The number of benzene rings is 2. The number of pyridine rings is 1. The molecule has 0 aliphatic carbocycles. The maximum Gasteiger partial charge on any atom is 0.349 e. The molecule has 0 saturated carbocycles. The number of halogens is 1.